The van der Waals surface area contributed by atoms with E-state index in [0.717, 1.165) is 25.7 Å². The molecule has 0 aliphatic rings. The van der Waals surface area contributed by atoms with Crippen molar-refractivity contribution in [3.8, 4) is 0 Å². The maximum absolute atomic E-state index is 5.17. The highest BCUT2D eigenvalue weighted by Gasteiger charge is 1.74. The second kappa shape index (κ2) is 7.48. The lowest BCUT2D eigenvalue weighted by atomic mass is 10.2. The van der Waals surface area contributed by atoms with Crippen LogP contribution in [0.25, 0.3) is 0 Å². The van der Waals surface area contributed by atoms with Crippen LogP contribution in [0.1, 0.15) is 25.7 Å². The molecule has 0 bridgehead atoms. The average Bonchev–Trinajstić information content (AvgIpc) is 1.89. The van der Waals surface area contributed by atoms with Gasteiger partial charge in [0.25, 0.3) is 0 Å². The maximum Gasteiger partial charge on any atom is -0.0313 e. The predicted octanol–water partition coefficient (Wildman–Crippen LogP) is 2.93. The van der Waals surface area contributed by atoms with Crippen molar-refractivity contribution in [1.29, 1.82) is 0 Å². The van der Waals surface area contributed by atoms with Crippen LogP contribution in [0.15, 0.2) is 18.2 Å². The predicted molar refractivity (Wildman–Crippen MR) is 41.8 cm³/mol. The number of unbranched alkanes of at least 4 members (excludes halogenated alkanes) is 2. The molecule has 0 heterocycles. The largest absolute Gasteiger partial charge is 0.0885 e. The van der Waals surface area contributed by atoms with Gasteiger partial charge in [-0.05, 0) is 25.7 Å². The molecule has 0 saturated carbocycles. The third-order valence-corrected chi connectivity index (χ3v) is 1.04. The van der Waals surface area contributed by atoms with Crippen LogP contribution in [0, 0.1) is 13.5 Å². The Morgan fingerprint density at radius 2 is 1.78 bits per heavy atom. The Morgan fingerprint density at radius 3 is 2.33 bits per heavy atom. The van der Waals surface area contributed by atoms with E-state index < -0.39 is 0 Å². The SMILES string of the molecule is [CH]=CCCC=CCC[CH2]. The van der Waals surface area contributed by atoms with E-state index in [1.807, 2.05) is 0 Å². The summed E-state index contributed by atoms with van der Waals surface area (Å²) < 4.78 is 0. The van der Waals surface area contributed by atoms with Gasteiger partial charge in [-0.15, -0.1) is 0 Å². The van der Waals surface area contributed by atoms with Crippen LogP contribution in [0.4, 0.5) is 0 Å². The molecule has 0 nitrogen and oxygen atoms in total. The first kappa shape index (κ1) is 8.48. The fourth-order valence-electron chi connectivity index (χ4n) is 0.546. The summed E-state index contributed by atoms with van der Waals surface area (Å²) in [7, 11) is 0. The first-order valence-electron chi connectivity index (χ1n) is 3.39. The molecule has 0 aliphatic heterocycles. The van der Waals surface area contributed by atoms with Gasteiger partial charge < -0.3 is 0 Å². The van der Waals surface area contributed by atoms with Crippen LogP contribution in [-0.4, -0.2) is 0 Å². The average molecular weight is 122 g/mol. The molecule has 0 unspecified atom stereocenters. The van der Waals surface area contributed by atoms with Crippen molar-refractivity contribution in [1.82, 2.24) is 0 Å². The Kier molecular flexibility index (Phi) is 7.05. The van der Waals surface area contributed by atoms with Gasteiger partial charge in [0.2, 0.25) is 0 Å². The van der Waals surface area contributed by atoms with Gasteiger partial charge in [-0.2, -0.15) is 0 Å². The summed E-state index contributed by atoms with van der Waals surface area (Å²) in [5.41, 5.74) is 0. The molecule has 0 N–H and O–H groups in total. The summed E-state index contributed by atoms with van der Waals surface area (Å²) in [4.78, 5) is 0. The fourth-order valence-corrected chi connectivity index (χ4v) is 0.546. The number of allylic oxidation sites excluding steroid dienone is 3. The fraction of sp³-hybridized carbons (Fsp3) is 0.444. The molecule has 0 aliphatic carbocycles. The summed E-state index contributed by atoms with van der Waals surface area (Å²) in [6, 6.07) is 0. The molecule has 2 radical (unpaired) electrons. The van der Waals surface area contributed by atoms with Crippen molar-refractivity contribution in [2.45, 2.75) is 25.7 Å². The van der Waals surface area contributed by atoms with E-state index in [0.29, 0.717) is 0 Å². The van der Waals surface area contributed by atoms with Crippen molar-refractivity contribution in [2.75, 3.05) is 0 Å². The van der Waals surface area contributed by atoms with Crippen LogP contribution in [0.3, 0.4) is 0 Å². The van der Waals surface area contributed by atoms with E-state index in [1.165, 1.54) is 0 Å². The third kappa shape index (κ3) is 7.48. The normalized spacial score (nSPS) is 10.3. The van der Waals surface area contributed by atoms with Crippen LogP contribution < -0.4 is 0 Å². The molecule has 9 heavy (non-hydrogen) atoms. The maximum atomic E-state index is 5.17. The van der Waals surface area contributed by atoms with Crippen molar-refractivity contribution in [2.24, 2.45) is 0 Å². The van der Waals surface area contributed by atoms with Gasteiger partial charge >= 0.3 is 0 Å². The molecule has 0 spiro atoms. The van der Waals surface area contributed by atoms with Crippen molar-refractivity contribution >= 4 is 0 Å². The van der Waals surface area contributed by atoms with Gasteiger partial charge in [-0.25, -0.2) is 0 Å². The molecule has 0 aromatic carbocycles. The van der Waals surface area contributed by atoms with E-state index in [1.54, 1.807) is 6.08 Å². The van der Waals surface area contributed by atoms with E-state index in [2.05, 4.69) is 19.1 Å². The molecule has 50 valence electrons. The van der Waals surface area contributed by atoms with Gasteiger partial charge in [0, 0.05) is 0 Å². The van der Waals surface area contributed by atoms with E-state index in [-0.39, 0.29) is 0 Å². The van der Waals surface area contributed by atoms with E-state index >= 15 is 0 Å². The van der Waals surface area contributed by atoms with Crippen molar-refractivity contribution < 1.29 is 0 Å². The van der Waals surface area contributed by atoms with Gasteiger partial charge in [0.15, 0.2) is 0 Å². The molecule has 0 aromatic heterocycles. The highest BCUT2D eigenvalue weighted by Crippen LogP contribution is 1.94. The summed E-state index contributed by atoms with van der Waals surface area (Å²) >= 11 is 0. The Hall–Kier alpha value is -0.520. The smallest absolute Gasteiger partial charge is 0.0313 e. The zero-order valence-electron chi connectivity index (χ0n) is 5.84. The standard InChI is InChI=1S/C9H14/c1-3-5-7-9-8-6-4-2/h1,3,8-9H,2,4-7H2. The summed E-state index contributed by atoms with van der Waals surface area (Å²) in [6.45, 7) is 8.89. The lowest BCUT2D eigenvalue weighted by Crippen LogP contribution is -1.64. The van der Waals surface area contributed by atoms with Crippen LogP contribution >= 0.6 is 0 Å². The second-order valence-corrected chi connectivity index (χ2v) is 1.93. The quantitative estimate of drug-likeness (QED) is 0.388. The first-order chi connectivity index (χ1) is 4.41. The monoisotopic (exact) mass is 122 g/mol. The number of rotatable bonds is 5. The molecule has 0 rings (SSSR count). The highest BCUT2D eigenvalue weighted by molar-refractivity contribution is 4.83. The number of hydrogen-bond acceptors (Lipinski definition) is 0. The van der Waals surface area contributed by atoms with Gasteiger partial charge in [0.05, 0.1) is 0 Å². The second-order valence-electron chi connectivity index (χ2n) is 1.93. The third-order valence-electron chi connectivity index (χ3n) is 1.04. The molecule has 0 fully saturated rings. The molecular weight excluding hydrogens is 108 g/mol. The molecule has 0 aromatic rings. The van der Waals surface area contributed by atoms with Crippen LogP contribution in [0.2, 0.25) is 0 Å². The Bertz CT molecular complexity index is 80.0. The van der Waals surface area contributed by atoms with Gasteiger partial charge in [-0.3, -0.25) is 0 Å². The van der Waals surface area contributed by atoms with Gasteiger partial charge in [0.1, 0.15) is 0 Å². The van der Waals surface area contributed by atoms with E-state index in [4.69, 9.17) is 6.58 Å². The zero-order valence-corrected chi connectivity index (χ0v) is 5.84. The lowest BCUT2D eigenvalue weighted by Gasteiger charge is -1.84. The minimum atomic E-state index is 0.980. The molecular formula is C9H14. The summed E-state index contributed by atoms with van der Waals surface area (Å²) in [6.07, 6.45) is 10.1. The Labute approximate surface area is 58.3 Å². The lowest BCUT2D eigenvalue weighted by molar-refractivity contribution is 1.00. The summed E-state index contributed by atoms with van der Waals surface area (Å²) in [5.74, 6) is 0. The minimum absolute atomic E-state index is 0.980. The topological polar surface area (TPSA) is 0 Å². The molecule has 0 atom stereocenters. The Balaban J connectivity index is 2.94. The van der Waals surface area contributed by atoms with Crippen molar-refractivity contribution in [3.63, 3.8) is 0 Å². The van der Waals surface area contributed by atoms with Crippen molar-refractivity contribution in [3.05, 3.63) is 31.7 Å². The molecule has 0 saturated heterocycles. The van der Waals surface area contributed by atoms with Gasteiger partial charge in [-0.1, -0.05) is 31.7 Å². The summed E-state index contributed by atoms with van der Waals surface area (Å²) in [5, 5.41) is 0. The zero-order chi connectivity index (χ0) is 6.95. The minimum Gasteiger partial charge on any atom is -0.0885 e. The first-order valence-corrected chi connectivity index (χ1v) is 3.39. The number of hydrogen-bond donors (Lipinski definition) is 0. The Morgan fingerprint density at radius 1 is 1.11 bits per heavy atom. The van der Waals surface area contributed by atoms with E-state index in [9.17, 15) is 0 Å². The molecule has 0 heteroatoms. The highest BCUT2D eigenvalue weighted by atomic mass is 13.8. The molecule has 0 amide bonds. The van der Waals surface area contributed by atoms with Crippen LogP contribution in [-0.2, 0) is 0 Å². The van der Waals surface area contributed by atoms with Crippen LogP contribution in [0.5, 0.6) is 0 Å².